The van der Waals surface area contributed by atoms with Gasteiger partial charge >= 0.3 is 0 Å². The molecule has 2 aliphatic rings. The molecule has 0 heterocycles. The molecule has 2 aromatic carbocycles. The Bertz CT molecular complexity index is 782. The number of fused-ring (bicyclic) bond motifs is 3. The van der Waals surface area contributed by atoms with Crippen molar-refractivity contribution in [2.45, 2.75) is 32.1 Å². The quantitative estimate of drug-likeness (QED) is 0.603. The van der Waals surface area contributed by atoms with Crippen LogP contribution >= 0.6 is 0 Å². The molecule has 0 aromatic heterocycles. The van der Waals surface area contributed by atoms with Crippen molar-refractivity contribution in [1.29, 1.82) is 0 Å². The number of allylic oxidation sites excluding steroid dienone is 4. The van der Waals surface area contributed by atoms with Crippen LogP contribution < -0.4 is 0 Å². The fourth-order valence-electron chi connectivity index (χ4n) is 3.83. The van der Waals surface area contributed by atoms with Crippen molar-refractivity contribution >= 4 is 59.1 Å². The van der Waals surface area contributed by atoms with Crippen molar-refractivity contribution in [3.8, 4) is 11.1 Å². The van der Waals surface area contributed by atoms with Gasteiger partial charge in [0.05, 0.1) is 0 Å². The first kappa shape index (κ1) is 19.2. The SMILES string of the molecule is CC(C)(C1=CC=CC1)c1cccc2c1Cc1ccccc1-2.[Na].[Na]. The van der Waals surface area contributed by atoms with E-state index in [1.165, 1.54) is 33.4 Å². The first-order chi connectivity index (χ1) is 10.2. The predicted molar refractivity (Wildman–Crippen MR) is 101 cm³/mol. The van der Waals surface area contributed by atoms with E-state index in [0.717, 1.165) is 12.8 Å². The summed E-state index contributed by atoms with van der Waals surface area (Å²) in [5.74, 6) is 0. The third-order valence-corrected chi connectivity index (χ3v) is 5.10. The van der Waals surface area contributed by atoms with Gasteiger partial charge in [0.15, 0.2) is 0 Å². The van der Waals surface area contributed by atoms with Crippen LogP contribution in [-0.2, 0) is 11.8 Å². The number of hydrogen-bond acceptors (Lipinski definition) is 0. The minimum Gasteiger partial charge on any atom is -0.0804 e. The largest absolute Gasteiger partial charge is 0.0804 e. The Kier molecular flexibility index (Phi) is 6.22. The van der Waals surface area contributed by atoms with Crippen molar-refractivity contribution in [1.82, 2.24) is 0 Å². The van der Waals surface area contributed by atoms with Gasteiger partial charge < -0.3 is 0 Å². The standard InChI is InChI=1S/C21H20.2Na/c1-21(2,16-9-4-5-10-16)20-13-7-12-18-17-11-6-3-8-15(17)14-19(18)20;;/h3-9,11-13H,10,14H2,1-2H3;;. The molecular formula is C21H20Na2. The average molecular weight is 318 g/mol. The maximum Gasteiger partial charge on any atom is 0.0114 e. The average Bonchev–Trinajstić information content (AvgIpc) is 3.14. The van der Waals surface area contributed by atoms with E-state index < -0.39 is 0 Å². The van der Waals surface area contributed by atoms with E-state index in [4.69, 9.17) is 0 Å². The van der Waals surface area contributed by atoms with Crippen molar-refractivity contribution in [2.75, 3.05) is 0 Å². The van der Waals surface area contributed by atoms with E-state index in [1.807, 2.05) is 0 Å². The van der Waals surface area contributed by atoms with Crippen molar-refractivity contribution in [2.24, 2.45) is 0 Å². The van der Waals surface area contributed by atoms with Gasteiger partial charge in [-0.25, -0.2) is 0 Å². The first-order valence-corrected chi connectivity index (χ1v) is 7.75. The van der Waals surface area contributed by atoms with E-state index in [-0.39, 0.29) is 64.5 Å². The molecule has 23 heavy (non-hydrogen) atoms. The van der Waals surface area contributed by atoms with E-state index in [2.05, 4.69) is 74.5 Å². The Morgan fingerprint density at radius 3 is 2.35 bits per heavy atom. The zero-order valence-corrected chi connectivity index (χ0v) is 18.7. The Balaban J connectivity index is 0.000000960. The fourth-order valence-corrected chi connectivity index (χ4v) is 3.83. The fraction of sp³-hybridized carbons (Fsp3) is 0.238. The van der Waals surface area contributed by atoms with Gasteiger partial charge in [0.2, 0.25) is 0 Å². The maximum absolute atomic E-state index is 2.37. The summed E-state index contributed by atoms with van der Waals surface area (Å²) in [5.41, 5.74) is 8.96. The Labute approximate surface area is 183 Å². The van der Waals surface area contributed by atoms with Gasteiger partial charge in [-0.2, -0.15) is 0 Å². The number of rotatable bonds is 2. The zero-order valence-electron chi connectivity index (χ0n) is 14.7. The molecule has 2 aromatic rings. The molecule has 2 aliphatic carbocycles. The second-order valence-electron chi connectivity index (χ2n) is 6.61. The molecule has 0 bridgehead atoms. The molecule has 2 radical (unpaired) electrons. The molecule has 0 N–H and O–H groups in total. The van der Waals surface area contributed by atoms with Gasteiger partial charge in [-0.15, -0.1) is 0 Å². The molecule has 2 heteroatoms. The molecule has 0 unspecified atom stereocenters. The van der Waals surface area contributed by atoms with E-state index in [0.29, 0.717) is 0 Å². The summed E-state index contributed by atoms with van der Waals surface area (Å²) < 4.78 is 0. The molecule has 0 fully saturated rings. The smallest absolute Gasteiger partial charge is 0.0114 e. The summed E-state index contributed by atoms with van der Waals surface area (Å²) in [5, 5.41) is 0. The van der Waals surface area contributed by atoms with Crippen LogP contribution in [0.4, 0.5) is 0 Å². The van der Waals surface area contributed by atoms with Crippen molar-refractivity contribution in [3.05, 3.63) is 83.0 Å². The number of benzene rings is 2. The summed E-state index contributed by atoms with van der Waals surface area (Å²) in [6, 6.07) is 15.7. The Hall–Kier alpha value is -0.0800. The minimum atomic E-state index is 0. The molecule has 106 valence electrons. The summed E-state index contributed by atoms with van der Waals surface area (Å²) in [6.45, 7) is 4.73. The van der Waals surface area contributed by atoms with E-state index in [9.17, 15) is 0 Å². The summed E-state index contributed by atoms with van der Waals surface area (Å²) in [7, 11) is 0. The molecular weight excluding hydrogens is 298 g/mol. The van der Waals surface area contributed by atoms with Crippen molar-refractivity contribution in [3.63, 3.8) is 0 Å². The normalized spacial score (nSPS) is 14.4. The molecule has 0 saturated heterocycles. The molecule has 0 amide bonds. The first-order valence-electron chi connectivity index (χ1n) is 7.75. The van der Waals surface area contributed by atoms with Crippen LogP contribution in [0.5, 0.6) is 0 Å². The van der Waals surface area contributed by atoms with Gasteiger partial charge in [-0.3, -0.25) is 0 Å². The number of hydrogen-bond donors (Lipinski definition) is 0. The summed E-state index contributed by atoms with van der Waals surface area (Å²) in [4.78, 5) is 0. The van der Waals surface area contributed by atoms with Crippen LogP contribution in [0.2, 0.25) is 0 Å². The van der Waals surface area contributed by atoms with Crippen LogP contribution in [0.15, 0.2) is 66.3 Å². The van der Waals surface area contributed by atoms with Gasteiger partial charge in [-0.05, 0) is 40.7 Å². The van der Waals surface area contributed by atoms with Gasteiger partial charge in [0, 0.05) is 64.5 Å². The molecule has 0 spiro atoms. The topological polar surface area (TPSA) is 0 Å². The third-order valence-electron chi connectivity index (χ3n) is 5.10. The van der Waals surface area contributed by atoms with E-state index >= 15 is 0 Å². The Morgan fingerprint density at radius 2 is 1.61 bits per heavy atom. The monoisotopic (exact) mass is 318 g/mol. The van der Waals surface area contributed by atoms with E-state index in [1.54, 1.807) is 0 Å². The maximum atomic E-state index is 2.37. The molecule has 0 aliphatic heterocycles. The minimum absolute atomic E-state index is 0. The molecule has 0 saturated carbocycles. The molecule has 0 nitrogen and oxygen atoms in total. The molecule has 0 atom stereocenters. The van der Waals surface area contributed by atoms with Gasteiger partial charge in [0.25, 0.3) is 0 Å². The third kappa shape index (κ3) is 3.23. The van der Waals surface area contributed by atoms with Gasteiger partial charge in [-0.1, -0.05) is 80.1 Å². The summed E-state index contributed by atoms with van der Waals surface area (Å²) >= 11 is 0. The van der Waals surface area contributed by atoms with Crippen molar-refractivity contribution < 1.29 is 0 Å². The second-order valence-corrected chi connectivity index (χ2v) is 6.61. The van der Waals surface area contributed by atoms with Crippen LogP contribution in [0.1, 0.15) is 37.0 Å². The van der Waals surface area contributed by atoms with Gasteiger partial charge in [0.1, 0.15) is 0 Å². The van der Waals surface area contributed by atoms with Crippen LogP contribution in [0.3, 0.4) is 0 Å². The van der Waals surface area contributed by atoms with Crippen LogP contribution in [0.25, 0.3) is 11.1 Å². The van der Waals surface area contributed by atoms with Crippen LogP contribution in [-0.4, -0.2) is 59.1 Å². The summed E-state index contributed by atoms with van der Waals surface area (Å²) in [6.07, 6.45) is 8.90. The molecule has 4 rings (SSSR count). The second kappa shape index (κ2) is 7.44. The zero-order chi connectivity index (χ0) is 14.4. The predicted octanol–water partition coefficient (Wildman–Crippen LogP) is 4.66. The van der Waals surface area contributed by atoms with Crippen LogP contribution in [0, 0.1) is 0 Å². The Morgan fingerprint density at radius 1 is 0.870 bits per heavy atom.